The van der Waals surface area contributed by atoms with Gasteiger partial charge in [0.05, 0.1) is 6.61 Å². The Hall–Kier alpha value is -1.06. The highest BCUT2D eigenvalue weighted by Gasteiger charge is 2.24. The molecule has 2 aliphatic heterocycles. The van der Waals surface area contributed by atoms with Crippen molar-refractivity contribution >= 4 is 0 Å². The molecule has 104 valence electrons. The summed E-state index contributed by atoms with van der Waals surface area (Å²) in [5.41, 5.74) is 8.75. The van der Waals surface area contributed by atoms with Crippen LogP contribution in [0.15, 0.2) is 18.2 Å². The van der Waals surface area contributed by atoms with Gasteiger partial charge in [0.25, 0.3) is 0 Å². The third-order valence-electron chi connectivity index (χ3n) is 4.58. The van der Waals surface area contributed by atoms with Gasteiger partial charge < -0.3 is 10.5 Å². The Morgan fingerprint density at radius 3 is 2.89 bits per heavy atom. The summed E-state index contributed by atoms with van der Waals surface area (Å²) in [6, 6.07) is 6.99. The van der Waals surface area contributed by atoms with Crippen LogP contribution in [-0.4, -0.2) is 31.1 Å². The van der Waals surface area contributed by atoms with Gasteiger partial charge in [-0.3, -0.25) is 4.90 Å². The van der Waals surface area contributed by atoms with Crippen molar-refractivity contribution in [3.05, 3.63) is 29.3 Å². The Bertz CT molecular complexity index is 438. The summed E-state index contributed by atoms with van der Waals surface area (Å²) in [4.78, 5) is 2.55. The fraction of sp³-hybridized carbons (Fsp3) is 0.625. The number of ether oxygens (including phenoxy) is 1. The maximum Gasteiger partial charge on any atom is 0.122 e. The van der Waals surface area contributed by atoms with Crippen LogP contribution in [0.4, 0.5) is 0 Å². The number of fused-ring (bicyclic) bond motifs is 1. The van der Waals surface area contributed by atoms with Gasteiger partial charge in [-0.15, -0.1) is 0 Å². The van der Waals surface area contributed by atoms with Crippen LogP contribution < -0.4 is 10.5 Å². The van der Waals surface area contributed by atoms with Gasteiger partial charge in [0.1, 0.15) is 5.75 Å². The average molecular weight is 260 g/mol. The van der Waals surface area contributed by atoms with E-state index in [1.807, 2.05) is 0 Å². The molecule has 0 amide bonds. The summed E-state index contributed by atoms with van der Waals surface area (Å²) >= 11 is 0. The van der Waals surface area contributed by atoms with Crippen LogP contribution >= 0.6 is 0 Å². The number of benzene rings is 1. The molecule has 3 rings (SSSR count). The zero-order valence-electron chi connectivity index (χ0n) is 11.8. The molecular weight excluding hydrogens is 236 g/mol. The van der Waals surface area contributed by atoms with Crippen molar-refractivity contribution in [1.29, 1.82) is 0 Å². The fourth-order valence-electron chi connectivity index (χ4n) is 3.25. The van der Waals surface area contributed by atoms with Crippen molar-refractivity contribution in [1.82, 2.24) is 4.90 Å². The van der Waals surface area contributed by atoms with Crippen molar-refractivity contribution < 1.29 is 4.74 Å². The summed E-state index contributed by atoms with van der Waals surface area (Å²) in [7, 11) is 0. The van der Waals surface area contributed by atoms with Gasteiger partial charge >= 0.3 is 0 Å². The Balaban J connectivity index is 1.78. The summed E-state index contributed by atoms with van der Waals surface area (Å²) in [6.45, 7) is 6.23. The Morgan fingerprint density at radius 1 is 1.37 bits per heavy atom. The molecule has 1 saturated heterocycles. The number of hydrogen-bond donors (Lipinski definition) is 1. The lowest BCUT2D eigenvalue weighted by atomic mass is 9.95. The molecule has 0 aliphatic carbocycles. The number of rotatable bonds is 3. The van der Waals surface area contributed by atoms with Crippen LogP contribution in [-0.2, 0) is 6.42 Å². The van der Waals surface area contributed by atoms with Crippen LogP contribution in [0, 0.1) is 5.92 Å². The van der Waals surface area contributed by atoms with E-state index in [-0.39, 0.29) is 0 Å². The molecule has 3 heteroatoms. The van der Waals surface area contributed by atoms with Gasteiger partial charge in [-0.2, -0.15) is 0 Å². The van der Waals surface area contributed by atoms with E-state index in [1.54, 1.807) is 0 Å². The summed E-state index contributed by atoms with van der Waals surface area (Å²) in [5, 5.41) is 0. The third-order valence-corrected chi connectivity index (χ3v) is 4.58. The van der Waals surface area contributed by atoms with Crippen LogP contribution in [0.25, 0.3) is 0 Å². The highest BCUT2D eigenvalue weighted by molar-refractivity contribution is 5.41. The SMILES string of the molecule is CC1CCN([C@@H](CN)c2ccc3c(c2)CCO3)CC1. The van der Waals surface area contributed by atoms with Gasteiger partial charge in [-0.25, -0.2) is 0 Å². The van der Waals surface area contributed by atoms with Gasteiger partial charge in [0, 0.05) is 19.0 Å². The fourth-order valence-corrected chi connectivity index (χ4v) is 3.25. The van der Waals surface area contributed by atoms with Crippen molar-refractivity contribution in [3.63, 3.8) is 0 Å². The minimum Gasteiger partial charge on any atom is -0.493 e. The first-order valence-corrected chi connectivity index (χ1v) is 7.47. The predicted molar refractivity (Wildman–Crippen MR) is 77.4 cm³/mol. The van der Waals surface area contributed by atoms with Gasteiger partial charge in [0.15, 0.2) is 0 Å². The number of nitrogens with zero attached hydrogens (tertiary/aromatic N) is 1. The molecule has 0 radical (unpaired) electrons. The average Bonchev–Trinajstić information content (AvgIpc) is 2.89. The molecule has 0 unspecified atom stereocenters. The molecule has 3 nitrogen and oxygen atoms in total. The molecule has 19 heavy (non-hydrogen) atoms. The third kappa shape index (κ3) is 2.63. The van der Waals surface area contributed by atoms with E-state index in [2.05, 4.69) is 30.0 Å². The number of nitrogens with two attached hydrogens (primary N) is 1. The van der Waals surface area contributed by atoms with Crippen LogP contribution in [0.3, 0.4) is 0 Å². The van der Waals surface area contributed by atoms with E-state index in [4.69, 9.17) is 10.5 Å². The summed E-state index contributed by atoms with van der Waals surface area (Å²) in [5.74, 6) is 1.93. The lowest BCUT2D eigenvalue weighted by molar-refractivity contribution is 0.141. The van der Waals surface area contributed by atoms with Crippen LogP contribution in [0.5, 0.6) is 5.75 Å². The minimum atomic E-state index is 0.374. The normalized spacial score (nSPS) is 22.0. The first-order chi connectivity index (χ1) is 9.28. The largest absolute Gasteiger partial charge is 0.493 e. The Labute approximate surface area is 115 Å². The van der Waals surface area contributed by atoms with Gasteiger partial charge in [0.2, 0.25) is 0 Å². The van der Waals surface area contributed by atoms with E-state index < -0.39 is 0 Å². The molecule has 2 aliphatic rings. The molecule has 1 fully saturated rings. The molecule has 0 bridgehead atoms. The molecule has 0 aromatic heterocycles. The smallest absolute Gasteiger partial charge is 0.122 e. The van der Waals surface area contributed by atoms with Crippen molar-refractivity contribution in [3.8, 4) is 5.75 Å². The molecule has 2 heterocycles. The molecule has 2 N–H and O–H groups in total. The highest BCUT2D eigenvalue weighted by atomic mass is 16.5. The van der Waals surface area contributed by atoms with Crippen LogP contribution in [0.1, 0.15) is 36.9 Å². The first-order valence-electron chi connectivity index (χ1n) is 7.47. The zero-order chi connectivity index (χ0) is 13.2. The second-order valence-electron chi connectivity index (χ2n) is 5.94. The summed E-state index contributed by atoms with van der Waals surface area (Å²) < 4.78 is 5.58. The van der Waals surface area contributed by atoms with Gasteiger partial charge in [-0.05, 0) is 49.0 Å². The molecular formula is C16H24N2O. The lowest BCUT2D eigenvalue weighted by Gasteiger charge is -2.36. The standard InChI is InChI=1S/C16H24N2O/c1-12-4-7-18(8-5-12)15(11-17)13-2-3-16-14(10-13)6-9-19-16/h2-3,10,12,15H,4-9,11,17H2,1H3/t15-/m0/s1. The van der Waals surface area contributed by atoms with E-state index in [1.165, 1.54) is 37.1 Å². The molecule has 0 spiro atoms. The molecule has 1 atom stereocenters. The van der Waals surface area contributed by atoms with Gasteiger partial charge in [-0.1, -0.05) is 19.1 Å². The number of hydrogen-bond acceptors (Lipinski definition) is 3. The van der Waals surface area contributed by atoms with Crippen molar-refractivity contribution in [2.45, 2.75) is 32.2 Å². The second kappa shape index (κ2) is 5.51. The monoisotopic (exact) mass is 260 g/mol. The topological polar surface area (TPSA) is 38.5 Å². The quantitative estimate of drug-likeness (QED) is 0.906. The predicted octanol–water partition coefficient (Wildman–Crippen LogP) is 2.35. The highest BCUT2D eigenvalue weighted by Crippen LogP contribution is 2.31. The maximum atomic E-state index is 6.04. The zero-order valence-corrected chi connectivity index (χ0v) is 11.8. The molecule has 1 aromatic rings. The molecule has 1 aromatic carbocycles. The van der Waals surface area contributed by atoms with Crippen molar-refractivity contribution in [2.24, 2.45) is 11.7 Å². The van der Waals surface area contributed by atoms with Crippen LogP contribution in [0.2, 0.25) is 0 Å². The molecule has 0 saturated carbocycles. The first kappa shape index (κ1) is 12.9. The van der Waals surface area contributed by atoms with Crippen molar-refractivity contribution in [2.75, 3.05) is 26.2 Å². The van der Waals surface area contributed by atoms with E-state index >= 15 is 0 Å². The minimum absolute atomic E-state index is 0.374. The van der Waals surface area contributed by atoms with E-state index in [0.29, 0.717) is 12.6 Å². The Kier molecular flexibility index (Phi) is 3.76. The number of likely N-dealkylation sites (tertiary alicyclic amines) is 1. The Morgan fingerprint density at radius 2 is 2.16 bits per heavy atom. The maximum absolute atomic E-state index is 6.04. The van der Waals surface area contributed by atoms with E-state index in [0.717, 1.165) is 24.7 Å². The second-order valence-corrected chi connectivity index (χ2v) is 5.94. The van der Waals surface area contributed by atoms with E-state index in [9.17, 15) is 0 Å². The lowest BCUT2D eigenvalue weighted by Crippen LogP contribution is -2.39. The number of piperidine rings is 1. The summed E-state index contributed by atoms with van der Waals surface area (Å²) in [6.07, 6.45) is 3.63.